The van der Waals surface area contributed by atoms with Crippen molar-refractivity contribution in [2.75, 3.05) is 6.54 Å². The maximum Gasteiger partial charge on any atom is 0.241 e. The van der Waals surface area contributed by atoms with Crippen molar-refractivity contribution in [3.63, 3.8) is 0 Å². The molecule has 1 aliphatic rings. The molecule has 1 aromatic carbocycles. The highest BCUT2D eigenvalue weighted by molar-refractivity contribution is 6.23. The van der Waals surface area contributed by atoms with E-state index in [1.54, 1.807) is 0 Å². The van der Waals surface area contributed by atoms with Gasteiger partial charge in [0, 0.05) is 13.0 Å². The normalized spacial score (nSPS) is 22.9. The van der Waals surface area contributed by atoms with Gasteiger partial charge in [-0.05, 0) is 19.4 Å². The summed E-state index contributed by atoms with van der Waals surface area (Å²) in [5.41, 5.74) is 0.997. The summed E-state index contributed by atoms with van der Waals surface area (Å²) >= 11 is 0. The Labute approximate surface area is 112 Å². The van der Waals surface area contributed by atoms with Crippen LogP contribution in [0.25, 0.3) is 0 Å². The van der Waals surface area contributed by atoms with E-state index in [9.17, 15) is 14.4 Å². The van der Waals surface area contributed by atoms with Crippen molar-refractivity contribution in [3.8, 4) is 0 Å². The van der Waals surface area contributed by atoms with Crippen molar-refractivity contribution in [1.82, 2.24) is 4.90 Å². The van der Waals surface area contributed by atoms with Crippen LogP contribution in [-0.4, -0.2) is 35.0 Å². The van der Waals surface area contributed by atoms with E-state index in [0.717, 1.165) is 5.56 Å². The van der Waals surface area contributed by atoms with Gasteiger partial charge in [-0.2, -0.15) is 0 Å². The predicted molar refractivity (Wildman–Crippen MR) is 70.5 cm³/mol. The number of rotatable bonds is 4. The number of likely N-dealkylation sites (tertiary alicyclic amines) is 1. The lowest BCUT2D eigenvalue weighted by Crippen LogP contribution is -2.36. The Morgan fingerprint density at radius 1 is 1.21 bits per heavy atom. The molecule has 2 rings (SSSR count). The summed E-state index contributed by atoms with van der Waals surface area (Å²) in [5, 5.41) is 0. The van der Waals surface area contributed by atoms with Crippen molar-refractivity contribution in [2.45, 2.75) is 26.3 Å². The molecule has 1 saturated heterocycles. The molecule has 1 aromatic rings. The molecular formula is C15H17NO3. The van der Waals surface area contributed by atoms with Gasteiger partial charge in [0.1, 0.15) is 5.78 Å². The Kier molecular flexibility index (Phi) is 3.79. The van der Waals surface area contributed by atoms with Crippen LogP contribution < -0.4 is 0 Å². The van der Waals surface area contributed by atoms with Gasteiger partial charge >= 0.3 is 0 Å². The highest BCUT2D eigenvalue weighted by atomic mass is 16.2. The number of amides is 1. The highest BCUT2D eigenvalue weighted by Crippen LogP contribution is 2.24. The van der Waals surface area contributed by atoms with Gasteiger partial charge < -0.3 is 4.90 Å². The molecule has 0 bridgehead atoms. The minimum Gasteiger partial charge on any atom is -0.332 e. The van der Waals surface area contributed by atoms with Crippen LogP contribution >= 0.6 is 0 Å². The number of nitrogens with zero attached hydrogens (tertiary/aromatic N) is 1. The number of benzene rings is 1. The molecule has 4 heteroatoms. The first-order valence-electron chi connectivity index (χ1n) is 6.44. The number of hydrogen-bond donors (Lipinski definition) is 0. The number of carbonyl (C=O) groups excluding carboxylic acids is 3. The van der Waals surface area contributed by atoms with Crippen molar-refractivity contribution in [1.29, 1.82) is 0 Å². The van der Waals surface area contributed by atoms with Crippen LogP contribution in [0.5, 0.6) is 0 Å². The maximum atomic E-state index is 12.2. The molecule has 1 amide bonds. The van der Waals surface area contributed by atoms with Crippen LogP contribution in [-0.2, 0) is 20.8 Å². The quantitative estimate of drug-likeness (QED) is 0.764. The van der Waals surface area contributed by atoms with Crippen LogP contribution in [0.2, 0.25) is 0 Å². The summed E-state index contributed by atoms with van der Waals surface area (Å²) in [4.78, 5) is 37.3. The first-order chi connectivity index (χ1) is 9.06. The molecule has 19 heavy (non-hydrogen) atoms. The van der Waals surface area contributed by atoms with Crippen LogP contribution in [0, 0.1) is 5.92 Å². The number of ketones is 2. The van der Waals surface area contributed by atoms with Crippen molar-refractivity contribution < 1.29 is 14.4 Å². The maximum absolute atomic E-state index is 12.2. The fourth-order valence-electron chi connectivity index (χ4n) is 2.59. The second kappa shape index (κ2) is 5.34. The summed E-state index contributed by atoms with van der Waals surface area (Å²) in [7, 11) is 0. The Balaban J connectivity index is 2.26. The molecule has 0 aliphatic carbocycles. The third-order valence-electron chi connectivity index (χ3n) is 3.54. The average molecular weight is 259 g/mol. The first-order valence-corrected chi connectivity index (χ1v) is 6.44. The fraction of sp³-hybridized carbons (Fsp3) is 0.400. The Hall–Kier alpha value is -1.97. The van der Waals surface area contributed by atoms with Gasteiger partial charge in [-0.3, -0.25) is 14.4 Å². The summed E-state index contributed by atoms with van der Waals surface area (Å²) in [6.07, 6.45) is 0.475. The SMILES string of the molecule is CCN1C(=O)C(C(C)=O)C(=O)[C@@H]1Cc1ccccc1. The second-order valence-electron chi connectivity index (χ2n) is 4.78. The Morgan fingerprint density at radius 2 is 1.84 bits per heavy atom. The number of hydrogen-bond acceptors (Lipinski definition) is 3. The Bertz CT molecular complexity index is 509. The summed E-state index contributed by atoms with van der Waals surface area (Å²) in [5.74, 6) is -2.05. The van der Waals surface area contributed by atoms with Gasteiger partial charge in [-0.15, -0.1) is 0 Å². The van der Waals surface area contributed by atoms with E-state index in [1.807, 2.05) is 37.3 Å². The minimum absolute atomic E-state index is 0.261. The summed E-state index contributed by atoms with van der Waals surface area (Å²) in [6.45, 7) is 3.58. The highest BCUT2D eigenvalue weighted by Gasteiger charge is 2.48. The van der Waals surface area contributed by atoms with Crippen molar-refractivity contribution >= 4 is 17.5 Å². The van der Waals surface area contributed by atoms with Gasteiger partial charge in [0.25, 0.3) is 0 Å². The van der Waals surface area contributed by atoms with E-state index in [0.29, 0.717) is 13.0 Å². The number of Topliss-reactive ketones (excluding diaryl/α,β-unsaturated/α-hetero) is 2. The number of carbonyl (C=O) groups is 3. The molecule has 1 heterocycles. The molecule has 1 fully saturated rings. The Morgan fingerprint density at radius 3 is 2.37 bits per heavy atom. The molecule has 0 radical (unpaired) electrons. The zero-order chi connectivity index (χ0) is 14.0. The van der Waals surface area contributed by atoms with Gasteiger partial charge in [0.2, 0.25) is 5.91 Å². The van der Waals surface area contributed by atoms with E-state index in [1.165, 1.54) is 11.8 Å². The lowest BCUT2D eigenvalue weighted by molar-refractivity contribution is -0.138. The predicted octanol–water partition coefficient (Wildman–Crippen LogP) is 1.23. The fourth-order valence-corrected chi connectivity index (χ4v) is 2.59. The monoisotopic (exact) mass is 259 g/mol. The lowest BCUT2D eigenvalue weighted by Gasteiger charge is -2.21. The van der Waals surface area contributed by atoms with Gasteiger partial charge in [-0.1, -0.05) is 30.3 Å². The lowest BCUT2D eigenvalue weighted by atomic mass is 9.96. The molecule has 0 N–H and O–H groups in total. The zero-order valence-electron chi connectivity index (χ0n) is 11.1. The van der Waals surface area contributed by atoms with E-state index in [4.69, 9.17) is 0 Å². The third kappa shape index (κ3) is 2.43. The third-order valence-corrected chi connectivity index (χ3v) is 3.54. The van der Waals surface area contributed by atoms with Crippen molar-refractivity contribution in [2.24, 2.45) is 5.92 Å². The van der Waals surface area contributed by atoms with Crippen LogP contribution in [0.3, 0.4) is 0 Å². The van der Waals surface area contributed by atoms with E-state index >= 15 is 0 Å². The average Bonchev–Trinajstić information content (AvgIpc) is 2.62. The topological polar surface area (TPSA) is 54.5 Å². The van der Waals surface area contributed by atoms with Gasteiger partial charge in [-0.25, -0.2) is 0 Å². The first kappa shape index (κ1) is 13.5. The van der Waals surface area contributed by atoms with E-state index in [-0.39, 0.29) is 17.5 Å². The number of likely N-dealkylation sites (N-methyl/N-ethyl adjacent to an activating group) is 1. The second-order valence-corrected chi connectivity index (χ2v) is 4.78. The molecule has 0 spiro atoms. The van der Waals surface area contributed by atoms with E-state index in [2.05, 4.69) is 0 Å². The van der Waals surface area contributed by atoms with Crippen molar-refractivity contribution in [3.05, 3.63) is 35.9 Å². The molecule has 100 valence electrons. The summed E-state index contributed by atoms with van der Waals surface area (Å²) in [6, 6.07) is 9.04. The molecule has 1 unspecified atom stereocenters. The smallest absolute Gasteiger partial charge is 0.241 e. The van der Waals surface area contributed by atoms with Gasteiger partial charge in [0.05, 0.1) is 6.04 Å². The minimum atomic E-state index is -1.09. The molecule has 2 atom stereocenters. The molecule has 4 nitrogen and oxygen atoms in total. The molecule has 0 saturated carbocycles. The van der Waals surface area contributed by atoms with Crippen LogP contribution in [0.1, 0.15) is 19.4 Å². The van der Waals surface area contributed by atoms with Crippen LogP contribution in [0.4, 0.5) is 0 Å². The van der Waals surface area contributed by atoms with E-state index < -0.39 is 12.0 Å². The molecule has 1 aliphatic heterocycles. The molecule has 0 aromatic heterocycles. The van der Waals surface area contributed by atoms with Crippen LogP contribution in [0.15, 0.2) is 30.3 Å². The largest absolute Gasteiger partial charge is 0.332 e. The van der Waals surface area contributed by atoms with Gasteiger partial charge in [0.15, 0.2) is 11.7 Å². The zero-order valence-corrected chi connectivity index (χ0v) is 11.1. The standard InChI is InChI=1S/C15H17NO3/c1-3-16-12(9-11-7-5-4-6-8-11)14(18)13(10(2)17)15(16)19/h4-8,12-13H,3,9H2,1-2H3/t12-,13?/m0/s1. The summed E-state index contributed by atoms with van der Waals surface area (Å²) < 4.78 is 0. The molecular weight excluding hydrogens is 242 g/mol.